The Kier molecular flexibility index (Phi) is 4.39. The Bertz CT molecular complexity index is 205. The lowest BCUT2D eigenvalue weighted by molar-refractivity contribution is 0.178. The minimum atomic E-state index is 0.277. The van der Waals surface area contributed by atoms with Crippen LogP contribution in [0.5, 0.6) is 0 Å². The van der Waals surface area contributed by atoms with Crippen LogP contribution in [0.4, 0.5) is 0 Å². The summed E-state index contributed by atoms with van der Waals surface area (Å²) in [5.74, 6) is 3.81. The van der Waals surface area contributed by atoms with E-state index in [0.717, 1.165) is 5.92 Å². The molecule has 2 atom stereocenters. The Morgan fingerprint density at radius 3 is 3.15 bits per heavy atom. The molecule has 0 spiro atoms. The van der Waals surface area contributed by atoms with Crippen molar-refractivity contribution in [1.29, 1.82) is 0 Å². The third kappa shape index (κ3) is 3.98. The van der Waals surface area contributed by atoms with Crippen LogP contribution >= 0.6 is 0 Å². The first-order valence-electron chi connectivity index (χ1n) is 4.92. The number of hydrogen-bond acceptors (Lipinski definition) is 2. The SMILES string of the molecule is C#CCO/N=C/C1CCCC(C)C1. The van der Waals surface area contributed by atoms with Gasteiger partial charge >= 0.3 is 0 Å². The highest BCUT2D eigenvalue weighted by Crippen LogP contribution is 2.27. The van der Waals surface area contributed by atoms with E-state index in [1.807, 2.05) is 6.21 Å². The summed E-state index contributed by atoms with van der Waals surface area (Å²) in [7, 11) is 0. The largest absolute Gasteiger partial charge is 0.383 e. The Morgan fingerprint density at radius 2 is 2.46 bits per heavy atom. The van der Waals surface area contributed by atoms with Crippen LogP contribution in [0.1, 0.15) is 32.6 Å². The fourth-order valence-electron chi connectivity index (χ4n) is 1.82. The van der Waals surface area contributed by atoms with Gasteiger partial charge in [-0.05, 0) is 24.7 Å². The second-order valence-electron chi connectivity index (χ2n) is 3.76. The fraction of sp³-hybridized carbons (Fsp3) is 0.727. The van der Waals surface area contributed by atoms with Crippen molar-refractivity contribution in [2.45, 2.75) is 32.6 Å². The maximum atomic E-state index is 5.02. The summed E-state index contributed by atoms with van der Waals surface area (Å²) in [6.07, 6.45) is 12.1. The molecule has 0 aliphatic heterocycles. The molecular weight excluding hydrogens is 162 g/mol. The predicted octanol–water partition coefficient (Wildman–Crippen LogP) is 2.45. The summed E-state index contributed by atoms with van der Waals surface area (Å²) in [5, 5.41) is 3.85. The van der Waals surface area contributed by atoms with Gasteiger partial charge in [-0.15, -0.1) is 6.42 Å². The molecule has 0 aromatic rings. The summed E-state index contributed by atoms with van der Waals surface area (Å²) in [6.45, 7) is 2.57. The van der Waals surface area contributed by atoms with Crippen LogP contribution in [-0.2, 0) is 4.84 Å². The molecule has 2 unspecified atom stereocenters. The summed E-state index contributed by atoms with van der Waals surface area (Å²) in [5.41, 5.74) is 0. The van der Waals surface area contributed by atoms with Gasteiger partial charge in [0, 0.05) is 6.21 Å². The molecule has 0 aromatic carbocycles. The Balaban J connectivity index is 2.20. The van der Waals surface area contributed by atoms with Gasteiger partial charge in [0.2, 0.25) is 0 Å². The van der Waals surface area contributed by atoms with Gasteiger partial charge in [-0.3, -0.25) is 0 Å². The lowest BCUT2D eigenvalue weighted by atomic mass is 9.83. The fourth-order valence-corrected chi connectivity index (χ4v) is 1.82. The van der Waals surface area contributed by atoms with Crippen LogP contribution in [0.25, 0.3) is 0 Å². The highest BCUT2D eigenvalue weighted by molar-refractivity contribution is 5.60. The number of nitrogens with zero attached hydrogens (tertiary/aromatic N) is 1. The molecular formula is C11H17NO. The van der Waals surface area contributed by atoms with E-state index < -0.39 is 0 Å². The Morgan fingerprint density at radius 1 is 1.62 bits per heavy atom. The molecule has 1 saturated carbocycles. The van der Waals surface area contributed by atoms with Gasteiger partial charge in [0.1, 0.15) is 0 Å². The first-order chi connectivity index (χ1) is 6.33. The third-order valence-corrected chi connectivity index (χ3v) is 2.47. The van der Waals surface area contributed by atoms with E-state index in [9.17, 15) is 0 Å². The van der Waals surface area contributed by atoms with Gasteiger partial charge in [-0.2, -0.15) is 0 Å². The number of hydrogen-bond donors (Lipinski definition) is 0. The lowest BCUT2D eigenvalue weighted by Gasteiger charge is -2.23. The van der Waals surface area contributed by atoms with Crippen LogP contribution in [-0.4, -0.2) is 12.8 Å². The zero-order valence-corrected chi connectivity index (χ0v) is 8.20. The molecule has 0 N–H and O–H groups in total. The average Bonchev–Trinajstić information content (AvgIpc) is 2.13. The van der Waals surface area contributed by atoms with Crippen LogP contribution in [0.3, 0.4) is 0 Å². The molecule has 1 aliphatic rings. The van der Waals surface area contributed by atoms with Crippen molar-refractivity contribution in [2.24, 2.45) is 17.0 Å². The standard InChI is InChI=1S/C11H17NO/c1-3-7-13-12-9-11-6-4-5-10(2)8-11/h1,9-11H,4-8H2,2H3/b12-9+. The topological polar surface area (TPSA) is 21.6 Å². The van der Waals surface area contributed by atoms with E-state index in [0.29, 0.717) is 5.92 Å². The van der Waals surface area contributed by atoms with Crippen molar-refractivity contribution in [2.75, 3.05) is 6.61 Å². The molecule has 0 heterocycles. The molecule has 0 radical (unpaired) electrons. The molecule has 1 fully saturated rings. The minimum absolute atomic E-state index is 0.277. The van der Waals surface area contributed by atoms with E-state index in [1.54, 1.807) is 0 Å². The van der Waals surface area contributed by atoms with Crippen LogP contribution in [0, 0.1) is 24.2 Å². The first-order valence-corrected chi connectivity index (χ1v) is 4.92. The molecule has 1 aliphatic carbocycles. The van der Waals surface area contributed by atoms with Gasteiger partial charge in [-0.25, -0.2) is 0 Å². The van der Waals surface area contributed by atoms with Crippen molar-refractivity contribution in [3.8, 4) is 12.3 Å². The van der Waals surface area contributed by atoms with Crippen molar-refractivity contribution in [3.63, 3.8) is 0 Å². The maximum Gasteiger partial charge on any atom is 0.177 e. The second kappa shape index (κ2) is 5.64. The van der Waals surface area contributed by atoms with Gasteiger partial charge in [0.05, 0.1) is 0 Å². The smallest absolute Gasteiger partial charge is 0.177 e. The molecule has 2 nitrogen and oxygen atoms in total. The zero-order chi connectivity index (χ0) is 9.52. The lowest BCUT2D eigenvalue weighted by Crippen LogP contribution is -2.14. The van der Waals surface area contributed by atoms with E-state index in [1.165, 1.54) is 25.7 Å². The highest BCUT2D eigenvalue weighted by Gasteiger charge is 2.16. The second-order valence-corrected chi connectivity index (χ2v) is 3.76. The predicted molar refractivity (Wildman–Crippen MR) is 54.4 cm³/mol. The zero-order valence-electron chi connectivity index (χ0n) is 8.20. The minimum Gasteiger partial charge on any atom is -0.383 e. The first kappa shape index (κ1) is 10.1. The van der Waals surface area contributed by atoms with E-state index >= 15 is 0 Å². The number of oxime groups is 1. The molecule has 0 bridgehead atoms. The van der Waals surface area contributed by atoms with Crippen molar-refractivity contribution in [1.82, 2.24) is 0 Å². The molecule has 13 heavy (non-hydrogen) atoms. The normalized spacial score (nSPS) is 28.6. The van der Waals surface area contributed by atoms with Gasteiger partial charge in [-0.1, -0.05) is 30.8 Å². The monoisotopic (exact) mass is 179 g/mol. The number of terminal acetylenes is 1. The Hall–Kier alpha value is -0.970. The van der Waals surface area contributed by atoms with Crippen molar-refractivity contribution >= 4 is 6.21 Å². The summed E-state index contributed by atoms with van der Waals surface area (Å²) < 4.78 is 0. The van der Waals surface area contributed by atoms with E-state index in [-0.39, 0.29) is 6.61 Å². The average molecular weight is 179 g/mol. The molecule has 2 heteroatoms. The van der Waals surface area contributed by atoms with Crippen LogP contribution in [0.2, 0.25) is 0 Å². The summed E-state index contributed by atoms with van der Waals surface area (Å²) >= 11 is 0. The van der Waals surface area contributed by atoms with Gasteiger partial charge in [0.25, 0.3) is 0 Å². The Labute approximate surface area is 80.3 Å². The summed E-state index contributed by atoms with van der Waals surface area (Å²) in [4.78, 5) is 4.85. The van der Waals surface area contributed by atoms with Crippen molar-refractivity contribution < 1.29 is 4.84 Å². The van der Waals surface area contributed by atoms with Gasteiger partial charge in [0.15, 0.2) is 6.61 Å². The quantitative estimate of drug-likeness (QED) is 0.282. The third-order valence-electron chi connectivity index (χ3n) is 2.47. The van der Waals surface area contributed by atoms with Gasteiger partial charge < -0.3 is 4.84 Å². The van der Waals surface area contributed by atoms with Crippen molar-refractivity contribution in [3.05, 3.63) is 0 Å². The maximum absolute atomic E-state index is 5.02. The van der Waals surface area contributed by atoms with E-state index in [2.05, 4.69) is 18.0 Å². The molecule has 0 saturated heterocycles. The number of rotatable bonds is 3. The highest BCUT2D eigenvalue weighted by atomic mass is 16.6. The molecule has 72 valence electrons. The van der Waals surface area contributed by atoms with Crippen LogP contribution in [0.15, 0.2) is 5.16 Å². The molecule has 0 aromatic heterocycles. The van der Waals surface area contributed by atoms with E-state index in [4.69, 9.17) is 11.3 Å². The molecule has 1 rings (SSSR count). The van der Waals surface area contributed by atoms with Crippen LogP contribution < -0.4 is 0 Å². The molecule has 0 amide bonds. The summed E-state index contributed by atoms with van der Waals surface area (Å²) in [6, 6.07) is 0.